The Morgan fingerprint density at radius 3 is 1.75 bits per heavy atom. The summed E-state index contributed by atoms with van der Waals surface area (Å²) in [5.74, 6) is 3.44. The normalized spacial score (nSPS) is 14.2. The molecule has 0 saturated carbocycles. The first-order valence-corrected chi connectivity index (χ1v) is 23.2. The first kappa shape index (κ1) is 53.0. The van der Waals surface area contributed by atoms with Gasteiger partial charge in [-0.05, 0) is 0 Å². The Balaban J connectivity index is 0. The quantitative estimate of drug-likeness (QED) is 0.143. The van der Waals surface area contributed by atoms with Gasteiger partial charge in [0.25, 0.3) is 0 Å². The second-order valence-corrected chi connectivity index (χ2v) is 20.5. The number of ether oxygens (including phenoxy) is 1. The number of hydrogen-bond donors (Lipinski definition) is 0. The zero-order chi connectivity index (χ0) is 41.0. The van der Waals surface area contributed by atoms with Crippen LogP contribution in [0.4, 0.5) is 5.69 Å². The van der Waals surface area contributed by atoms with Gasteiger partial charge < -0.3 is 0 Å². The fourth-order valence-corrected chi connectivity index (χ4v) is 7.16. The maximum atomic E-state index is 5.51. The summed E-state index contributed by atoms with van der Waals surface area (Å²) in [6.07, 6.45) is 8.83. The Bertz CT molecular complexity index is 1620. The van der Waals surface area contributed by atoms with Crippen LogP contribution < -0.4 is 4.74 Å². The van der Waals surface area contributed by atoms with E-state index in [0.717, 1.165) is 32.4 Å². The molecule has 286 valence electrons. The van der Waals surface area contributed by atoms with Gasteiger partial charge in [-0.3, -0.25) is 0 Å². The van der Waals surface area contributed by atoms with Crippen molar-refractivity contribution in [2.45, 2.75) is 104 Å². The van der Waals surface area contributed by atoms with Crippen molar-refractivity contribution in [2.75, 3.05) is 7.11 Å². The van der Waals surface area contributed by atoms with Gasteiger partial charge in [0.2, 0.25) is 0 Å². The van der Waals surface area contributed by atoms with E-state index >= 15 is 0 Å². The van der Waals surface area contributed by atoms with Crippen LogP contribution in [0.25, 0.3) is 0 Å². The summed E-state index contributed by atoms with van der Waals surface area (Å²) in [6, 6.07) is 1.92. The summed E-state index contributed by atoms with van der Waals surface area (Å²) < 4.78 is 10.8. The van der Waals surface area contributed by atoms with Crippen LogP contribution in [0.15, 0.2) is 66.3 Å². The zero-order valence-corrected chi connectivity index (χ0v) is 46.0. The Morgan fingerprint density at radius 1 is 0.827 bits per heavy atom. The van der Waals surface area contributed by atoms with Crippen LogP contribution in [-0.4, -0.2) is 49.2 Å². The molecule has 1 unspecified atom stereocenters. The van der Waals surface area contributed by atoms with Gasteiger partial charge >= 0.3 is 365 Å². The minimum absolute atomic E-state index is 0.387. The van der Waals surface area contributed by atoms with E-state index in [4.69, 9.17) is 24.9 Å². The average Bonchev–Trinajstić information content (AvgIpc) is 3.30. The third kappa shape index (κ3) is 18.5. The summed E-state index contributed by atoms with van der Waals surface area (Å²) in [5, 5.41) is 0. The molecule has 0 heterocycles. The van der Waals surface area contributed by atoms with E-state index in [1.165, 1.54) is 117 Å². The molecule has 0 aliphatic heterocycles. The molecule has 1 aromatic carbocycles. The molecule has 52 heavy (non-hydrogen) atoms. The third-order valence-corrected chi connectivity index (χ3v) is 15.4. The van der Waals surface area contributed by atoms with Gasteiger partial charge in [0.1, 0.15) is 0 Å². The Morgan fingerprint density at radius 2 is 1.37 bits per heavy atom. The van der Waals surface area contributed by atoms with E-state index in [2.05, 4.69) is 116 Å². The summed E-state index contributed by atoms with van der Waals surface area (Å²) >= 11 is 5.90. The Labute approximate surface area is 361 Å². The molecule has 9 heteroatoms. The van der Waals surface area contributed by atoms with E-state index in [-0.39, 0.29) is 0 Å². The van der Waals surface area contributed by atoms with Crippen LogP contribution in [0.5, 0.6) is 5.75 Å². The molecule has 1 aliphatic rings. The molecule has 5 nitrogen and oxygen atoms in total. The van der Waals surface area contributed by atoms with E-state index in [9.17, 15) is 0 Å². The molecule has 0 spiro atoms. The number of nitrogens with zero attached hydrogens (tertiary/aromatic N) is 4. The molecule has 0 aromatic heterocycles. The van der Waals surface area contributed by atoms with Crippen molar-refractivity contribution in [3.8, 4) is 5.75 Å². The molecule has 0 N–H and O–H groups in total. The molecule has 2 rings (SSSR count). The van der Waals surface area contributed by atoms with Crippen LogP contribution in [-0.2, 0) is 77.4 Å². The fourth-order valence-electron chi connectivity index (χ4n) is 4.48. The monoisotopic (exact) mass is 1380 g/mol. The Hall–Kier alpha value is -1.11. The van der Waals surface area contributed by atoms with Crippen molar-refractivity contribution in [1.82, 2.24) is 0 Å². The topological polar surface area (TPSA) is 58.7 Å². The molecule has 1 aromatic rings. The summed E-state index contributed by atoms with van der Waals surface area (Å²) in [4.78, 5) is 15.6. The average molecular weight is 1380 g/mol. The maximum absolute atomic E-state index is 5.51. The SMILES string of the molecule is C[C](=[W])N=CC=[C-]C(C)C.[CH-]=NC(C)=C[C](=[W])C(C)C.[CH-]=NC1=C([C](=[W])C(C)C)C(C)=C(C)C1C.[CH-]=Nc1cc(OC)c(C)c(C)c1[C](=[W])C(C)C. The van der Waals surface area contributed by atoms with Crippen molar-refractivity contribution in [3.05, 3.63) is 69.1 Å². The fraction of sp³-hybridized carbons (Fsp3) is 0.488. The molecular formula is C43H60N4OW4-4. The number of methoxy groups -OCH3 is 1. The third-order valence-electron chi connectivity index (χ3n) is 8.04. The molecule has 0 radical (unpaired) electrons. The summed E-state index contributed by atoms with van der Waals surface area (Å²) in [7, 11) is 1.67. The van der Waals surface area contributed by atoms with Crippen LogP contribution in [0.3, 0.4) is 0 Å². The second-order valence-electron chi connectivity index (χ2n) is 13.6. The predicted molar refractivity (Wildman–Crippen MR) is 216 cm³/mol. The number of rotatable bonds is 13. The number of benzene rings is 1. The molecule has 0 amide bonds. The molecule has 1 atom stereocenters. The van der Waals surface area contributed by atoms with Gasteiger partial charge in [0, 0.05) is 0 Å². The first-order valence-electron chi connectivity index (χ1n) is 17.3. The van der Waals surface area contributed by atoms with Crippen LogP contribution >= 0.6 is 0 Å². The van der Waals surface area contributed by atoms with E-state index < -0.39 is 0 Å². The number of aliphatic imine (C=N–C) groups is 4. The molecule has 0 saturated heterocycles. The van der Waals surface area contributed by atoms with Crippen molar-refractivity contribution >= 4 is 47.8 Å². The number of hydrogen-bond acceptors (Lipinski definition) is 5. The van der Waals surface area contributed by atoms with Crippen molar-refractivity contribution in [2.24, 2.45) is 49.6 Å². The van der Waals surface area contributed by atoms with Crippen LogP contribution in [0.2, 0.25) is 0 Å². The van der Waals surface area contributed by atoms with Gasteiger partial charge in [-0.25, -0.2) is 0 Å². The summed E-state index contributed by atoms with van der Waals surface area (Å²) in [5.41, 5.74) is 10.5. The van der Waals surface area contributed by atoms with E-state index in [1.54, 1.807) is 13.3 Å². The molecule has 0 bridgehead atoms. The minimum atomic E-state index is 0.387. The van der Waals surface area contributed by atoms with Crippen molar-refractivity contribution < 1.29 is 82.2 Å². The number of allylic oxidation sites excluding steroid dienone is 7. The zero-order valence-electron chi connectivity index (χ0n) is 34.3. The predicted octanol–water partition coefficient (Wildman–Crippen LogP) is 10.0. The standard InChI is InChI=1S/C14H18NO.C13H18N.2C8H12N.4W/c1-9(2)7-12-10(3)11(4)14(16-6)8-13(12)15-5;1-8(2)7-12-10(4)9(3)11(5)13(12)14-6;1-7(2)5-6-8(3)9-4;1-4-9-7-5-6-8(2)3;;;;/h5,8-9H,1-4,6H3;6,8,11H,1-5H3;4,6-7H,1-3H3;5,7-8H,1-3H3;;;;/q4*-1;;;;. The van der Waals surface area contributed by atoms with E-state index in [1.807, 2.05) is 32.1 Å². The van der Waals surface area contributed by atoms with Crippen molar-refractivity contribution in [3.63, 3.8) is 0 Å². The van der Waals surface area contributed by atoms with Gasteiger partial charge in [-0.2, -0.15) is 0 Å². The molecule has 0 fully saturated rings. The van der Waals surface area contributed by atoms with Crippen LogP contribution in [0.1, 0.15) is 107 Å². The first-order chi connectivity index (χ1) is 24.0. The van der Waals surface area contributed by atoms with Gasteiger partial charge in [-0.15, -0.1) is 0 Å². The Kier molecular flexibility index (Phi) is 28.0. The van der Waals surface area contributed by atoms with Gasteiger partial charge in [0.15, 0.2) is 0 Å². The van der Waals surface area contributed by atoms with E-state index in [0.29, 0.717) is 29.6 Å². The molecule has 1 aliphatic carbocycles. The van der Waals surface area contributed by atoms with Gasteiger partial charge in [0.05, 0.1) is 0 Å². The van der Waals surface area contributed by atoms with Crippen LogP contribution in [0, 0.1) is 49.5 Å². The second kappa shape index (κ2) is 27.5. The summed E-state index contributed by atoms with van der Waals surface area (Å²) in [6.45, 7) is 48.1. The molecular weight excluding hydrogens is 1320 g/mol. The van der Waals surface area contributed by atoms with Crippen molar-refractivity contribution in [1.29, 1.82) is 0 Å². The van der Waals surface area contributed by atoms with Gasteiger partial charge in [-0.1, -0.05) is 0 Å².